The second-order valence-corrected chi connectivity index (χ2v) is 4.36. The van der Waals surface area contributed by atoms with Gasteiger partial charge in [0.15, 0.2) is 5.65 Å². The van der Waals surface area contributed by atoms with Crippen molar-refractivity contribution >= 4 is 17.6 Å². The van der Waals surface area contributed by atoms with Crippen molar-refractivity contribution < 1.29 is 19.8 Å². The summed E-state index contributed by atoms with van der Waals surface area (Å²) in [6.45, 7) is 0. The van der Waals surface area contributed by atoms with Gasteiger partial charge in [0, 0.05) is 11.8 Å². The summed E-state index contributed by atoms with van der Waals surface area (Å²) >= 11 is 0. The van der Waals surface area contributed by atoms with E-state index in [2.05, 4.69) is 10.1 Å². The number of carboxylic acids is 2. The standard InChI is InChI=1S/C14H9N3O4/c18-13(19)9-3-1-8(2-4-9)10-5-11(14(20)21)12-15-7-16-17(12)6-10/h1-7H,(H,18,19)(H,20,21). The summed E-state index contributed by atoms with van der Waals surface area (Å²) in [5.74, 6) is -2.11. The molecule has 0 unspecified atom stereocenters. The minimum absolute atomic E-state index is 0.0345. The molecule has 7 nitrogen and oxygen atoms in total. The number of fused-ring (bicyclic) bond motifs is 1. The minimum Gasteiger partial charge on any atom is -0.478 e. The van der Waals surface area contributed by atoms with E-state index >= 15 is 0 Å². The van der Waals surface area contributed by atoms with Crippen LogP contribution in [0.1, 0.15) is 20.7 Å². The highest BCUT2D eigenvalue weighted by Gasteiger charge is 2.14. The molecule has 0 spiro atoms. The number of hydrogen-bond donors (Lipinski definition) is 2. The van der Waals surface area contributed by atoms with Gasteiger partial charge in [0.2, 0.25) is 0 Å². The zero-order valence-corrected chi connectivity index (χ0v) is 10.6. The summed E-state index contributed by atoms with van der Waals surface area (Å²) in [5, 5.41) is 22.0. The number of aromatic nitrogens is 3. The molecule has 2 aromatic heterocycles. The lowest BCUT2D eigenvalue weighted by Crippen LogP contribution is -2.02. The lowest BCUT2D eigenvalue weighted by molar-refractivity contribution is 0.0687. The molecule has 21 heavy (non-hydrogen) atoms. The number of pyridine rings is 1. The Hall–Kier alpha value is -3.22. The van der Waals surface area contributed by atoms with Gasteiger partial charge in [-0.2, -0.15) is 5.10 Å². The zero-order chi connectivity index (χ0) is 15.0. The van der Waals surface area contributed by atoms with Crippen LogP contribution >= 0.6 is 0 Å². The van der Waals surface area contributed by atoms with Crippen LogP contribution in [0.5, 0.6) is 0 Å². The molecule has 2 N–H and O–H groups in total. The molecule has 0 aliphatic rings. The first-order valence-corrected chi connectivity index (χ1v) is 5.96. The van der Waals surface area contributed by atoms with Crippen LogP contribution in [0.3, 0.4) is 0 Å². The first-order valence-electron chi connectivity index (χ1n) is 5.96. The lowest BCUT2D eigenvalue weighted by atomic mass is 10.0. The summed E-state index contributed by atoms with van der Waals surface area (Å²) in [4.78, 5) is 26.0. The summed E-state index contributed by atoms with van der Waals surface area (Å²) in [5.41, 5.74) is 1.77. The van der Waals surface area contributed by atoms with Crippen LogP contribution in [0, 0.1) is 0 Å². The fraction of sp³-hybridized carbons (Fsp3) is 0. The Bertz CT molecular complexity index is 852. The molecule has 0 fully saturated rings. The number of aromatic carboxylic acids is 2. The van der Waals surface area contributed by atoms with Gasteiger partial charge in [0.05, 0.1) is 5.56 Å². The molecule has 0 amide bonds. The molecule has 3 aromatic rings. The lowest BCUT2D eigenvalue weighted by Gasteiger charge is -2.05. The number of hydrogen-bond acceptors (Lipinski definition) is 4. The van der Waals surface area contributed by atoms with Crippen molar-refractivity contribution in [1.29, 1.82) is 0 Å². The first-order chi connectivity index (χ1) is 10.1. The van der Waals surface area contributed by atoms with Gasteiger partial charge in [-0.3, -0.25) is 0 Å². The number of benzene rings is 1. The maximum Gasteiger partial charge on any atom is 0.339 e. The third-order valence-electron chi connectivity index (χ3n) is 3.07. The van der Waals surface area contributed by atoms with Gasteiger partial charge in [0.1, 0.15) is 11.9 Å². The molecule has 0 radical (unpaired) electrons. The van der Waals surface area contributed by atoms with Crippen molar-refractivity contribution in [1.82, 2.24) is 14.6 Å². The van der Waals surface area contributed by atoms with E-state index in [4.69, 9.17) is 5.11 Å². The van der Waals surface area contributed by atoms with Gasteiger partial charge >= 0.3 is 11.9 Å². The van der Waals surface area contributed by atoms with Crippen LogP contribution in [0.15, 0.2) is 42.9 Å². The molecule has 2 heterocycles. The van der Waals surface area contributed by atoms with Gasteiger partial charge in [-0.05, 0) is 23.8 Å². The maximum absolute atomic E-state index is 11.3. The van der Waals surface area contributed by atoms with E-state index in [1.54, 1.807) is 18.3 Å². The fourth-order valence-electron chi connectivity index (χ4n) is 2.05. The van der Waals surface area contributed by atoms with Crippen LogP contribution in [-0.4, -0.2) is 36.7 Å². The second kappa shape index (κ2) is 4.71. The van der Waals surface area contributed by atoms with Gasteiger partial charge in [-0.1, -0.05) is 12.1 Å². The second-order valence-electron chi connectivity index (χ2n) is 4.36. The van der Waals surface area contributed by atoms with Crippen molar-refractivity contribution in [2.75, 3.05) is 0 Å². The average Bonchev–Trinajstić information content (AvgIpc) is 2.94. The Kier molecular flexibility index (Phi) is 2.87. The Morgan fingerprint density at radius 2 is 1.71 bits per heavy atom. The fourth-order valence-corrected chi connectivity index (χ4v) is 2.05. The molecular weight excluding hydrogens is 274 g/mol. The van der Waals surface area contributed by atoms with Gasteiger partial charge < -0.3 is 10.2 Å². The third kappa shape index (κ3) is 2.20. The Balaban J connectivity index is 2.15. The predicted molar refractivity (Wildman–Crippen MR) is 72.3 cm³/mol. The normalized spacial score (nSPS) is 10.7. The largest absolute Gasteiger partial charge is 0.478 e. The number of carbonyl (C=O) groups is 2. The van der Waals surface area contributed by atoms with Crippen LogP contribution in [-0.2, 0) is 0 Å². The zero-order valence-electron chi connectivity index (χ0n) is 10.6. The van der Waals surface area contributed by atoms with E-state index < -0.39 is 11.9 Å². The summed E-state index contributed by atoms with van der Waals surface area (Å²) < 4.78 is 1.38. The highest BCUT2D eigenvalue weighted by atomic mass is 16.4. The van der Waals surface area contributed by atoms with Crippen LogP contribution in [0.4, 0.5) is 0 Å². The third-order valence-corrected chi connectivity index (χ3v) is 3.07. The first kappa shape index (κ1) is 12.8. The molecular formula is C14H9N3O4. The van der Waals surface area contributed by atoms with Gasteiger partial charge in [0.25, 0.3) is 0 Å². The van der Waals surface area contributed by atoms with E-state index in [9.17, 15) is 14.7 Å². The molecule has 3 rings (SSSR count). The van der Waals surface area contributed by atoms with Gasteiger partial charge in [-0.15, -0.1) is 0 Å². The highest BCUT2D eigenvalue weighted by molar-refractivity contribution is 5.96. The molecule has 7 heteroatoms. The molecule has 0 bridgehead atoms. The average molecular weight is 283 g/mol. The SMILES string of the molecule is O=C(O)c1ccc(-c2cc(C(=O)O)c3ncnn3c2)cc1. The van der Waals surface area contributed by atoms with E-state index in [0.717, 1.165) is 0 Å². The molecule has 0 aliphatic heterocycles. The highest BCUT2D eigenvalue weighted by Crippen LogP contribution is 2.22. The van der Waals surface area contributed by atoms with Crippen LogP contribution < -0.4 is 0 Å². The quantitative estimate of drug-likeness (QED) is 0.759. The van der Waals surface area contributed by atoms with Crippen molar-refractivity contribution in [3.63, 3.8) is 0 Å². The summed E-state index contributed by atoms with van der Waals surface area (Å²) in [7, 11) is 0. The van der Waals surface area contributed by atoms with E-state index in [1.165, 1.54) is 29.0 Å². The monoisotopic (exact) mass is 283 g/mol. The molecule has 0 aliphatic carbocycles. The Morgan fingerprint density at radius 1 is 1.00 bits per heavy atom. The van der Waals surface area contributed by atoms with Crippen molar-refractivity contribution in [2.24, 2.45) is 0 Å². The van der Waals surface area contributed by atoms with Crippen LogP contribution in [0.25, 0.3) is 16.8 Å². The number of nitrogens with zero attached hydrogens (tertiary/aromatic N) is 3. The van der Waals surface area contributed by atoms with Crippen molar-refractivity contribution in [3.8, 4) is 11.1 Å². The molecule has 104 valence electrons. The Labute approximate surface area is 118 Å². The molecule has 0 atom stereocenters. The molecule has 0 saturated heterocycles. The van der Waals surface area contributed by atoms with E-state index in [0.29, 0.717) is 11.1 Å². The molecule has 0 saturated carbocycles. The summed E-state index contributed by atoms with van der Waals surface area (Å²) in [6.07, 6.45) is 2.92. The summed E-state index contributed by atoms with van der Waals surface area (Å²) in [6, 6.07) is 7.65. The minimum atomic E-state index is -1.10. The smallest absolute Gasteiger partial charge is 0.339 e. The van der Waals surface area contributed by atoms with Crippen LogP contribution in [0.2, 0.25) is 0 Å². The number of carboxylic acid groups (broad SMARTS) is 2. The van der Waals surface area contributed by atoms with Crippen molar-refractivity contribution in [2.45, 2.75) is 0 Å². The van der Waals surface area contributed by atoms with Crippen molar-refractivity contribution in [3.05, 3.63) is 54.0 Å². The predicted octanol–water partition coefficient (Wildman–Crippen LogP) is 1.79. The Morgan fingerprint density at radius 3 is 2.33 bits per heavy atom. The van der Waals surface area contributed by atoms with E-state index in [-0.39, 0.29) is 16.8 Å². The topological polar surface area (TPSA) is 105 Å². The van der Waals surface area contributed by atoms with E-state index in [1.807, 2.05) is 0 Å². The number of rotatable bonds is 3. The maximum atomic E-state index is 11.3. The van der Waals surface area contributed by atoms with Gasteiger partial charge in [-0.25, -0.2) is 19.1 Å². The molecule has 1 aromatic carbocycles.